The molecule has 3 rings (SSSR count). The molecular weight excluding hydrogens is 332 g/mol. The maximum atomic E-state index is 6.02. The van der Waals surface area contributed by atoms with E-state index in [1.54, 1.807) is 18.0 Å². The Labute approximate surface area is 123 Å². The number of H-pyrrole nitrogens is 1. The molecule has 0 amide bonds. The van der Waals surface area contributed by atoms with Crippen molar-refractivity contribution in [3.05, 3.63) is 46.1 Å². The van der Waals surface area contributed by atoms with Gasteiger partial charge < -0.3 is 4.98 Å². The highest BCUT2D eigenvalue weighted by molar-refractivity contribution is 9.10. The number of fused-ring (bicyclic) bond motifs is 1. The Morgan fingerprint density at radius 2 is 2.39 bits per heavy atom. The number of aromatic amines is 1. The highest BCUT2D eigenvalue weighted by Crippen LogP contribution is 2.39. The van der Waals surface area contributed by atoms with Crippen LogP contribution in [0.15, 0.2) is 51.0 Å². The van der Waals surface area contributed by atoms with Gasteiger partial charge in [-0.2, -0.15) is 0 Å². The van der Waals surface area contributed by atoms with E-state index in [1.807, 2.05) is 12.1 Å². The zero-order valence-electron chi connectivity index (χ0n) is 9.36. The van der Waals surface area contributed by atoms with Crippen LogP contribution in [0.1, 0.15) is 6.42 Å². The highest BCUT2D eigenvalue weighted by atomic mass is 79.9. The third-order valence-electron chi connectivity index (χ3n) is 2.71. The summed E-state index contributed by atoms with van der Waals surface area (Å²) in [5, 5.41) is 1.26. The number of pyridine rings is 1. The van der Waals surface area contributed by atoms with E-state index in [9.17, 15) is 0 Å². The zero-order valence-corrected chi connectivity index (χ0v) is 12.5. The van der Waals surface area contributed by atoms with Crippen LogP contribution in [-0.2, 0) is 0 Å². The maximum Gasteiger partial charge on any atom is 0.139 e. The third kappa shape index (κ3) is 2.37. The number of hydrogen-bond acceptors (Lipinski definition) is 2. The first-order valence-corrected chi connectivity index (χ1v) is 7.61. The van der Waals surface area contributed by atoms with Crippen LogP contribution in [0.5, 0.6) is 0 Å². The van der Waals surface area contributed by atoms with Gasteiger partial charge in [-0.25, -0.2) is 4.98 Å². The Hall–Kier alpha value is -0.710. The molecule has 0 aliphatic heterocycles. The predicted molar refractivity (Wildman–Crippen MR) is 81.1 cm³/mol. The molecule has 1 aliphatic carbocycles. The van der Waals surface area contributed by atoms with Crippen LogP contribution in [0.3, 0.4) is 0 Å². The topological polar surface area (TPSA) is 28.7 Å². The Balaban J connectivity index is 1.96. The summed E-state index contributed by atoms with van der Waals surface area (Å²) in [7, 11) is 0. The van der Waals surface area contributed by atoms with E-state index in [0.717, 1.165) is 22.1 Å². The summed E-state index contributed by atoms with van der Waals surface area (Å²) in [5.74, 6) is 0. The van der Waals surface area contributed by atoms with Crippen molar-refractivity contribution in [3.8, 4) is 0 Å². The monoisotopic (exact) mass is 340 g/mol. The second kappa shape index (κ2) is 5.11. The molecule has 0 bridgehead atoms. The SMILES string of the molecule is ClC1C=CC(Sc2c(Br)[nH]c3ncccc23)=CC1. The number of rotatable bonds is 2. The lowest BCUT2D eigenvalue weighted by molar-refractivity contribution is 1.04. The quantitative estimate of drug-likeness (QED) is 0.790. The van der Waals surface area contributed by atoms with E-state index in [2.05, 4.69) is 44.1 Å². The van der Waals surface area contributed by atoms with E-state index < -0.39 is 0 Å². The van der Waals surface area contributed by atoms with Crippen LogP contribution >= 0.6 is 39.3 Å². The van der Waals surface area contributed by atoms with Crippen LogP contribution in [0, 0.1) is 0 Å². The van der Waals surface area contributed by atoms with Gasteiger partial charge in [0.25, 0.3) is 0 Å². The number of alkyl halides is 1. The van der Waals surface area contributed by atoms with Gasteiger partial charge in [0.1, 0.15) is 5.65 Å². The summed E-state index contributed by atoms with van der Waals surface area (Å²) in [6.45, 7) is 0. The van der Waals surface area contributed by atoms with Gasteiger partial charge in [0.05, 0.1) is 14.9 Å². The second-order valence-corrected chi connectivity index (χ2v) is 6.42. The van der Waals surface area contributed by atoms with Crippen LogP contribution in [0.2, 0.25) is 0 Å². The Kier molecular flexibility index (Phi) is 3.50. The molecule has 5 heteroatoms. The molecular formula is C13H10BrClN2S. The van der Waals surface area contributed by atoms with Gasteiger partial charge in [0.2, 0.25) is 0 Å². The normalized spacial score (nSPS) is 19.2. The number of halogens is 2. The Morgan fingerprint density at radius 1 is 1.50 bits per heavy atom. The number of nitrogens with one attached hydrogen (secondary N) is 1. The number of allylic oxidation sites excluding steroid dienone is 3. The molecule has 2 aromatic rings. The summed E-state index contributed by atoms with van der Waals surface area (Å²) < 4.78 is 0.975. The minimum atomic E-state index is 0.127. The smallest absolute Gasteiger partial charge is 0.139 e. The molecule has 0 saturated heterocycles. The molecule has 0 aromatic carbocycles. The summed E-state index contributed by atoms with van der Waals surface area (Å²) in [5.41, 5.74) is 0.905. The Bertz CT molecular complexity index is 647. The van der Waals surface area contributed by atoms with Crippen LogP contribution < -0.4 is 0 Å². The molecule has 0 saturated carbocycles. The minimum Gasteiger partial charge on any atom is -0.333 e. The molecule has 1 unspecified atom stereocenters. The molecule has 1 atom stereocenters. The van der Waals surface area contributed by atoms with Crippen LogP contribution in [0.25, 0.3) is 11.0 Å². The summed E-state index contributed by atoms with van der Waals surface area (Å²) in [4.78, 5) is 9.93. The largest absolute Gasteiger partial charge is 0.333 e. The highest BCUT2D eigenvalue weighted by Gasteiger charge is 2.13. The van der Waals surface area contributed by atoms with Crippen LogP contribution in [0.4, 0.5) is 0 Å². The van der Waals surface area contributed by atoms with E-state index >= 15 is 0 Å². The number of hydrogen-bond donors (Lipinski definition) is 1. The molecule has 2 aromatic heterocycles. The van der Waals surface area contributed by atoms with E-state index in [1.165, 1.54) is 9.80 Å². The van der Waals surface area contributed by atoms with Crippen molar-refractivity contribution >= 4 is 50.3 Å². The zero-order chi connectivity index (χ0) is 12.5. The van der Waals surface area contributed by atoms with Gasteiger partial charge in [-0.05, 0) is 34.5 Å². The summed E-state index contributed by atoms with van der Waals surface area (Å²) >= 11 is 11.3. The van der Waals surface area contributed by atoms with Crippen molar-refractivity contribution in [3.63, 3.8) is 0 Å². The van der Waals surface area contributed by atoms with Gasteiger partial charge in [0, 0.05) is 16.5 Å². The number of thioether (sulfide) groups is 1. The van der Waals surface area contributed by atoms with Crippen LogP contribution in [-0.4, -0.2) is 15.3 Å². The first kappa shape index (κ1) is 12.3. The van der Waals surface area contributed by atoms with Crippen molar-refractivity contribution in [2.24, 2.45) is 0 Å². The first-order valence-electron chi connectivity index (χ1n) is 5.56. The third-order valence-corrected chi connectivity index (χ3v) is 5.06. The fraction of sp³-hybridized carbons (Fsp3) is 0.154. The number of aromatic nitrogens is 2. The standard InChI is InChI=1S/C13H10BrClN2S/c14-12-11(10-2-1-7-16-13(10)17-12)18-9-5-3-8(15)4-6-9/h1-3,5-8H,4H2,(H,16,17). The molecule has 0 fully saturated rings. The molecule has 18 heavy (non-hydrogen) atoms. The van der Waals surface area contributed by atoms with Crippen molar-refractivity contribution < 1.29 is 0 Å². The van der Waals surface area contributed by atoms with E-state index in [-0.39, 0.29) is 5.38 Å². The van der Waals surface area contributed by atoms with Gasteiger partial charge >= 0.3 is 0 Å². The van der Waals surface area contributed by atoms with Crippen molar-refractivity contribution in [1.82, 2.24) is 9.97 Å². The summed E-state index contributed by atoms with van der Waals surface area (Å²) in [6.07, 6.45) is 8.96. The molecule has 2 nitrogen and oxygen atoms in total. The molecule has 2 heterocycles. The minimum absolute atomic E-state index is 0.127. The lowest BCUT2D eigenvalue weighted by Crippen LogP contribution is -1.95. The maximum absolute atomic E-state index is 6.02. The first-order chi connectivity index (χ1) is 8.74. The Morgan fingerprint density at radius 3 is 3.17 bits per heavy atom. The molecule has 0 spiro atoms. The van der Waals surface area contributed by atoms with E-state index in [0.29, 0.717) is 0 Å². The van der Waals surface area contributed by atoms with Crippen molar-refractivity contribution in [1.29, 1.82) is 0 Å². The molecule has 1 aliphatic rings. The van der Waals surface area contributed by atoms with Gasteiger partial charge in [-0.15, -0.1) is 11.6 Å². The average Bonchev–Trinajstić information content (AvgIpc) is 2.69. The predicted octanol–water partition coefficient (Wildman–Crippen LogP) is 4.87. The number of nitrogens with zero attached hydrogens (tertiary/aromatic N) is 1. The molecule has 1 N–H and O–H groups in total. The van der Waals surface area contributed by atoms with E-state index in [4.69, 9.17) is 11.6 Å². The van der Waals surface area contributed by atoms with Crippen molar-refractivity contribution in [2.75, 3.05) is 0 Å². The fourth-order valence-electron chi connectivity index (χ4n) is 1.84. The summed E-state index contributed by atoms with van der Waals surface area (Å²) in [6, 6.07) is 4.02. The molecule has 92 valence electrons. The average molecular weight is 342 g/mol. The lowest BCUT2D eigenvalue weighted by atomic mass is 10.2. The fourth-order valence-corrected chi connectivity index (χ4v) is 3.62. The lowest BCUT2D eigenvalue weighted by Gasteiger charge is -2.09. The van der Waals surface area contributed by atoms with Gasteiger partial charge in [-0.3, -0.25) is 0 Å². The van der Waals surface area contributed by atoms with Gasteiger partial charge in [-0.1, -0.05) is 30.0 Å². The van der Waals surface area contributed by atoms with Crippen molar-refractivity contribution in [2.45, 2.75) is 16.7 Å². The van der Waals surface area contributed by atoms with Gasteiger partial charge in [0.15, 0.2) is 0 Å². The second-order valence-electron chi connectivity index (χ2n) is 3.99. The molecule has 0 radical (unpaired) electrons.